The van der Waals surface area contributed by atoms with Gasteiger partial charge in [-0.3, -0.25) is 0 Å². The summed E-state index contributed by atoms with van der Waals surface area (Å²) < 4.78 is 0. The summed E-state index contributed by atoms with van der Waals surface area (Å²) >= 11 is 0. The molecule has 0 saturated heterocycles. The smallest absolute Gasteiger partial charge is 0.335 e. The SMILES string of the molecule is CCCc1c[nH]c2c(C(C)C)cc(C(=O)O)cc12. The van der Waals surface area contributed by atoms with Gasteiger partial charge in [0.15, 0.2) is 0 Å². The largest absolute Gasteiger partial charge is 0.478 e. The third-order valence-corrected chi connectivity index (χ3v) is 3.29. The fraction of sp³-hybridized carbons (Fsp3) is 0.400. The number of aryl methyl sites for hydroxylation is 1. The summed E-state index contributed by atoms with van der Waals surface area (Å²) in [7, 11) is 0. The third-order valence-electron chi connectivity index (χ3n) is 3.29. The van der Waals surface area contributed by atoms with Crippen LogP contribution in [0.15, 0.2) is 18.3 Å². The quantitative estimate of drug-likeness (QED) is 0.857. The van der Waals surface area contributed by atoms with Crippen LogP contribution in [-0.4, -0.2) is 16.1 Å². The van der Waals surface area contributed by atoms with Crippen molar-refractivity contribution in [1.29, 1.82) is 0 Å². The van der Waals surface area contributed by atoms with Crippen LogP contribution >= 0.6 is 0 Å². The summed E-state index contributed by atoms with van der Waals surface area (Å²) in [4.78, 5) is 14.5. The number of aromatic nitrogens is 1. The number of rotatable bonds is 4. The molecule has 3 nitrogen and oxygen atoms in total. The molecule has 0 aliphatic heterocycles. The van der Waals surface area contributed by atoms with Crippen molar-refractivity contribution in [2.24, 2.45) is 0 Å². The van der Waals surface area contributed by atoms with Crippen molar-refractivity contribution in [2.75, 3.05) is 0 Å². The third kappa shape index (κ3) is 2.13. The maximum atomic E-state index is 11.2. The van der Waals surface area contributed by atoms with Gasteiger partial charge in [0.2, 0.25) is 0 Å². The van der Waals surface area contributed by atoms with Crippen molar-refractivity contribution in [1.82, 2.24) is 4.98 Å². The van der Waals surface area contributed by atoms with E-state index in [1.165, 1.54) is 5.56 Å². The van der Waals surface area contributed by atoms with Gasteiger partial charge in [-0.05, 0) is 35.6 Å². The molecule has 1 aromatic heterocycles. The molecule has 3 heteroatoms. The number of hydrogen-bond donors (Lipinski definition) is 2. The van der Waals surface area contributed by atoms with Crippen LogP contribution < -0.4 is 0 Å². The van der Waals surface area contributed by atoms with Gasteiger partial charge in [0.25, 0.3) is 0 Å². The second-order valence-electron chi connectivity index (χ2n) is 5.01. The number of aromatic amines is 1. The minimum Gasteiger partial charge on any atom is -0.478 e. The van der Waals surface area contributed by atoms with Gasteiger partial charge in [0.1, 0.15) is 0 Å². The minimum atomic E-state index is -0.859. The average Bonchev–Trinajstić information content (AvgIpc) is 2.71. The topological polar surface area (TPSA) is 53.1 Å². The highest BCUT2D eigenvalue weighted by molar-refractivity contribution is 5.96. The summed E-state index contributed by atoms with van der Waals surface area (Å²) in [5.41, 5.74) is 3.74. The Labute approximate surface area is 107 Å². The highest BCUT2D eigenvalue weighted by Crippen LogP contribution is 2.29. The Bertz CT molecular complexity index is 581. The standard InChI is InChI=1S/C15H19NO2/c1-4-5-10-8-16-14-12(9(2)3)6-11(15(17)18)7-13(10)14/h6-9,16H,4-5H2,1-3H3,(H,17,18). The Hall–Kier alpha value is -1.77. The first-order valence-electron chi connectivity index (χ1n) is 6.41. The van der Waals surface area contributed by atoms with E-state index >= 15 is 0 Å². The van der Waals surface area contributed by atoms with Crippen LogP contribution in [-0.2, 0) is 6.42 Å². The maximum absolute atomic E-state index is 11.2. The Balaban J connectivity index is 2.71. The lowest BCUT2D eigenvalue weighted by Crippen LogP contribution is -2.00. The van der Waals surface area contributed by atoms with Crippen LogP contribution in [0.4, 0.5) is 0 Å². The van der Waals surface area contributed by atoms with Crippen LogP contribution in [0.2, 0.25) is 0 Å². The van der Waals surface area contributed by atoms with E-state index in [4.69, 9.17) is 0 Å². The molecular weight excluding hydrogens is 226 g/mol. The molecule has 0 aliphatic rings. The van der Waals surface area contributed by atoms with Crippen LogP contribution in [0.3, 0.4) is 0 Å². The molecule has 0 unspecified atom stereocenters. The lowest BCUT2D eigenvalue weighted by molar-refractivity contribution is 0.0697. The molecule has 0 amide bonds. The molecule has 1 heterocycles. The van der Waals surface area contributed by atoms with Crippen molar-refractivity contribution >= 4 is 16.9 Å². The van der Waals surface area contributed by atoms with Gasteiger partial charge in [-0.1, -0.05) is 27.2 Å². The number of aromatic carboxylic acids is 1. The molecule has 0 radical (unpaired) electrons. The maximum Gasteiger partial charge on any atom is 0.335 e. The van der Waals surface area contributed by atoms with Crippen LogP contribution in [0, 0.1) is 0 Å². The minimum absolute atomic E-state index is 0.305. The highest BCUT2D eigenvalue weighted by atomic mass is 16.4. The second kappa shape index (κ2) is 4.84. The number of nitrogens with one attached hydrogen (secondary N) is 1. The monoisotopic (exact) mass is 245 g/mol. The molecule has 1 aromatic carbocycles. The zero-order chi connectivity index (χ0) is 13.3. The predicted molar refractivity (Wildman–Crippen MR) is 73.3 cm³/mol. The lowest BCUT2D eigenvalue weighted by atomic mass is 9.96. The van der Waals surface area contributed by atoms with Crippen molar-refractivity contribution in [3.8, 4) is 0 Å². The Morgan fingerprint density at radius 2 is 2.11 bits per heavy atom. The number of H-pyrrole nitrogens is 1. The van der Waals surface area contributed by atoms with E-state index in [1.807, 2.05) is 6.20 Å². The summed E-state index contributed by atoms with van der Waals surface area (Å²) in [6, 6.07) is 3.56. The number of fused-ring (bicyclic) bond motifs is 1. The second-order valence-corrected chi connectivity index (χ2v) is 5.01. The van der Waals surface area contributed by atoms with Crippen molar-refractivity contribution in [3.05, 3.63) is 35.0 Å². The van der Waals surface area contributed by atoms with Crippen molar-refractivity contribution in [2.45, 2.75) is 39.5 Å². The number of carboxylic acids is 1. The molecule has 0 spiro atoms. The van der Waals surface area contributed by atoms with Crippen LogP contribution in [0.5, 0.6) is 0 Å². The van der Waals surface area contributed by atoms with Gasteiger partial charge in [-0.15, -0.1) is 0 Å². The Kier molecular flexibility index (Phi) is 3.41. The highest BCUT2D eigenvalue weighted by Gasteiger charge is 2.14. The fourth-order valence-corrected chi connectivity index (χ4v) is 2.37. The first-order chi connectivity index (χ1) is 8.54. The van der Waals surface area contributed by atoms with E-state index in [-0.39, 0.29) is 0 Å². The normalized spacial score (nSPS) is 11.3. The van der Waals surface area contributed by atoms with E-state index in [9.17, 15) is 9.90 Å². The molecular formula is C15H19NO2. The zero-order valence-corrected chi connectivity index (χ0v) is 11.1. The van der Waals surface area contributed by atoms with Gasteiger partial charge in [-0.25, -0.2) is 4.79 Å². The van der Waals surface area contributed by atoms with Crippen LogP contribution in [0.25, 0.3) is 10.9 Å². The molecule has 2 aromatic rings. The number of hydrogen-bond acceptors (Lipinski definition) is 1. The van der Waals surface area contributed by atoms with Crippen LogP contribution in [0.1, 0.15) is 54.6 Å². The number of benzene rings is 1. The van der Waals surface area contributed by atoms with Gasteiger partial charge in [0.05, 0.1) is 5.56 Å². The van der Waals surface area contributed by atoms with E-state index in [0.29, 0.717) is 11.5 Å². The number of carbonyl (C=O) groups is 1. The molecule has 2 N–H and O–H groups in total. The lowest BCUT2D eigenvalue weighted by Gasteiger charge is -2.09. The first-order valence-corrected chi connectivity index (χ1v) is 6.41. The summed E-state index contributed by atoms with van der Waals surface area (Å²) in [6.07, 6.45) is 4.04. The predicted octanol–water partition coefficient (Wildman–Crippen LogP) is 3.94. The van der Waals surface area contributed by atoms with Gasteiger partial charge >= 0.3 is 5.97 Å². The van der Waals surface area contributed by atoms with Gasteiger partial charge in [0, 0.05) is 17.1 Å². The van der Waals surface area contributed by atoms with Crippen molar-refractivity contribution in [3.63, 3.8) is 0 Å². The Morgan fingerprint density at radius 1 is 1.39 bits per heavy atom. The van der Waals surface area contributed by atoms with E-state index in [2.05, 4.69) is 25.8 Å². The average molecular weight is 245 g/mol. The molecule has 0 bridgehead atoms. The zero-order valence-electron chi connectivity index (χ0n) is 11.1. The molecule has 0 aliphatic carbocycles. The van der Waals surface area contributed by atoms with Gasteiger partial charge < -0.3 is 10.1 Å². The first kappa shape index (κ1) is 12.7. The van der Waals surface area contributed by atoms with Gasteiger partial charge in [-0.2, -0.15) is 0 Å². The van der Waals surface area contributed by atoms with E-state index < -0.39 is 5.97 Å². The van der Waals surface area contributed by atoms with E-state index in [0.717, 1.165) is 29.3 Å². The van der Waals surface area contributed by atoms with E-state index in [1.54, 1.807) is 12.1 Å². The Morgan fingerprint density at radius 3 is 2.67 bits per heavy atom. The summed E-state index contributed by atoms with van der Waals surface area (Å²) in [5.74, 6) is -0.553. The molecule has 18 heavy (non-hydrogen) atoms. The molecule has 0 saturated carbocycles. The summed E-state index contributed by atoms with van der Waals surface area (Å²) in [6.45, 7) is 6.30. The fourth-order valence-electron chi connectivity index (χ4n) is 2.37. The molecule has 2 rings (SSSR count). The molecule has 96 valence electrons. The summed E-state index contributed by atoms with van der Waals surface area (Å²) in [5, 5.41) is 10.3. The molecule has 0 atom stereocenters. The molecule has 0 fully saturated rings. The van der Waals surface area contributed by atoms with Crippen molar-refractivity contribution < 1.29 is 9.90 Å². The number of carboxylic acid groups (broad SMARTS) is 1.